The molecule has 3 aromatic rings. The summed E-state index contributed by atoms with van der Waals surface area (Å²) in [5, 5.41) is 10.3. The number of piperidine rings is 1. The van der Waals surface area contributed by atoms with Crippen molar-refractivity contribution in [2.75, 3.05) is 43.9 Å². The molecule has 2 aliphatic heterocycles. The number of halogens is 4. The SMILES string of the molecule is CS(=O)(=O)N1CCN(C(=O)c2cnc3ccc(F)cc3c2N2CCC(C#N)(c3ccccc3)CC2C(=O)C(F)(F)F)CC1. The van der Waals surface area contributed by atoms with E-state index in [1.807, 2.05) is 0 Å². The van der Waals surface area contributed by atoms with E-state index in [9.17, 15) is 40.8 Å². The van der Waals surface area contributed by atoms with Gasteiger partial charge in [-0.25, -0.2) is 12.8 Å². The number of piperazine rings is 1. The molecule has 2 atom stereocenters. The van der Waals surface area contributed by atoms with Gasteiger partial charge in [0.05, 0.1) is 40.5 Å². The Morgan fingerprint density at radius 3 is 2.33 bits per heavy atom. The van der Waals surface area contributed by atoms with Crippen molar-refractivity contribution in [3.05, 3.63) is 71.7 Å². The summed E-state index contributed by atoms with van der Waals surface area (Å²) >= 11 is 0. The average molecular weight is 618 g/mol. The standard InChI is InChI=1S/C29H27F4N5O4S/c1-43(41,42)37-13-11-36(12-14-37)27(40)22-17-35-23-8-7-20(30)15-21(23)25(22)38-10-9-28(18-34,19-5-3-2-4-6-19)16-24(38)26(39)29(31,32)33/h2-8,15,17,24H,9-14,16H2,1H3. The summed E-state index contributed by atoms with van der Waals surface area (Å²) in [6, 6.07) is 12.0. The summed E-state index contributed by atoms with van der Waals surface area (Å²) in [4.78, 5) is 33.6. The highest BCUT2D eigenvalue weighted by Crippen LogP contribution is 2.44. The lowest BCUT2D eigenvalue weighted by molar-refractivity contribution is -0.173. The molecule has 2 saturated heterocycles. The number of sulfonamides is 1. The highest BCUT2D eigenvalue weighted by molar-refractivity contribution is 7.88. The Bertz CT molecular complexity index is 1720. The van der Waals surface area contributed by atoms with Crippen molar-refractivity contribution >= 4 is 38.3 Å². The number of hydrogen-bond donors (Lipinski definition) is 0. The lowest BCUT2D eigenvalue weighted by Gasteiger charge is -2.45. The van der Waals surface area contributed by atoms with Gasteiger partial charge >= 0.3 is 6.18 Å². The molecule has 0 bridgehead atoms. The van der Waals surface area contributed by atoms with Gasteiger partial charge in [-0.05, 0) is 36.6 Å². The predicted octanol–water partition coefficient (Wildman–Crippen LogP) is 3.65. The van der Waals surface area contributed by atoms with Gasteiger partial charge in [-0.1, -0.05) is 30.3 Å². The highest BCUT2D eigenvalue weighted by Gasteiger charge is 2.52. The Morgan fingerprint density at radius 1 is 1.05 bits per heavy atom. The van der Waals surface area contributed by atoms with Gasteiger partial charge in [-0.3, -0.25) is 14.6 Å². The van der Waals surface area contributed by atoms with Gasteiger partial charge in [0.2, 0.25) is 10.0 Å². The molecule has 0 aliphatic carbocycles. The van der Waals surface area contributed by atoms with Crippen molar-refractivity contribution in [2.45, 2.75) is 30.5 Å². The minimum absolute atomic E-state index is 0.00297. The van der Waals surface area contributed by atoms with Gasteiger partial charge in [-0.2, -0.15) is 22.7 Å². The van der Waals surface area contributed by atoms with Crippen LogP contribution in [0.3, 0.4) is 0 Å². The van der Waals surface area contributed by atoms with Gasteiger partial charge < -0.3 is 9.80 Å². The summed E-state index contributed by atoms with van der Waals surface area (Å²) in [6.45, 7) is -0.203. The number of nitriles is 1. The van der Waals surface area contributed by atoms with E-state index in [0.717, 1.165) is 23.3 Å². The lowest BCUT2D eigenvalue weighted by Crippen LogP contribution is -2.56. The Labute approximate surface area is 245 Å². The van der Waals surface area contributed by atoms with Crippen molar-refractivity contribution < 1.29 is 35.6 Å². The number of ketones is 1. The number of alkyl halides is 3. The van der Waals surface area contributed by atoms with Crippen LogP contribution in [0.1, 0.15) is 28.8 Å². The zero-order chi connectivity index (χ0) is 31.2. The van der Waals surface area contributed by atoms with Crippen LogP contribution in [0.2, 0.25) is 0 Å². The molecule has 0 radical (unpaired) electrons. The van der Waals surface area contributed by atoms with E-state index in [4.69, 9.17) is 0 Å². The maximum absolute atomic E-state index is 14.6. The van der Waals surface area contributed by atoms with E-state index < -0.39 is 51.6 Å². The number of pyridine rings is 1. The molecule has 0 spiro atoms. The van der Waals surface area contributed by atoms with Gasteiger partial charge in [-0.15, -0.1) is 0 Å². The largest absolute Gasteiger partial charge is 0.452 e. The van der Waals surface area contributed by atoms with Crippen LogP contribution in [-0.2, 0) is 20.2 Å². The quantitative estimate of drug-likeness (QED) is 0.402. The number of Topliss-reactive ketones (excluding diaryl/α,β-unsaturated/α-hetero) is 1. The van der Waals surface area contributed by atoms with E-state index in [0.29, 0.717) is 5.56 Å². The molecule has 226 valence electrons. The van der Waals surface area contributed by atoms with Crippen LogP contribution in [0.15, 0.2) is 54.7 Å². The number of aromatic nitrogens is 1. The first-order chi connectivity index (χ1) is 20.2. The van der Waals surface area contributed by atoms with Crippen LogP contribution < -0.4 is 4.90 Å². The monoisotopic (exact) mass is 617 g/mol. The first kappa shape index (κ1) is 30.4. The molecule has 3 heterocycles. The van der Waals surface area contributed by atoms with Gasteiger partial charge in [0.15, 0.2) is 0 Å². The fourth-order valence-corrected chi connectivity index (χ4v) is 6.72. The minimum atomic E-state index is -5.27. The highest BCUT2D eigenvalue weighted by atomic mass is 32.2. The van der Waals surface area contributed by atoms with Crippen LogP contribution in [0.5, 0.6) is 0 Å². The second kappa shape index (κ2) is 11.2. The lowest BCUT2D eigenvalue weighted by atomic mass is 9.70. The third-order valence-corrected chi connectivity index (χ3v) is 9.44. The van der Waals surface area contributed by atoms with Crippen LogP contribution in [0, 0.1) is 17.1 Å². The maximum Gasteiger partial charge on any atom is 0.452 e. The molecule has 1 aromatic heterocycles. The van der Waals surface area contributed by atoms with Crippen molar-refractivity contribution in [1.29, 1.82) is 5.26 Å². The van der Waals surface area contributed by atoms with E-state index in [1.54, 1.807) is 30.3 Å². The van der Waals surface area contributed by atoms with E-state index in [2.05, 4.69) is 11.1 Å². The molecule has 2 unspecified atom stereocenters. The smallest absolute Gasteiger partial charge is 0.360 e. The Morgan fingerprint density at radius 2 is 1.72 bits per heavy atom. The molecule has 2 fully saturated rings. The zero-order valence-corrected chi connectivity index (χ0v) is 23.8. The molecule has 0 N–H and O–H groups in total. The summed E-state index contributed by atoms with van der Waals surface area (Å²) in [7, 11) is -3.50. The van der Waals surface area contributed by atoms with Gasteiger partial charge in [0.25, 0.3) is 11.7 Å². The molecule has 43 heavy (non-hydrogen) atoms. The number of carbonyl (C=O) groups excluding carboxylic acids is 2. The van der Waals surface area contributed by atoms with Crippen LogP contribution in [0.4, 0.5) is 23.2 Å². The minimum Gasteiger partial charge on any atom is -0.360 e. The maximum atomic E-state index is 14.6. The molecule has 14 heteroatoms. The number of hydrogen-bond acceptors (Lipinski definition) is 7. The van der Waals surface area contributed by atoms with Crippen molar-refractivity contribution in [1.82, 2.24) is 14.2 Å². The predicted molar refractivity (Wildman–Crippen MR) is 149 cm³/mol. The molecule has 0 saturated carbocycles. The molecule has 1 amide bonds. The van der Waals surface area contributed by atoms with Crippen molar-refractivity contribution in [3.8, 4) is 6.07 Å². The molecule has 2 aliphatic rings. The fourth-order valence-electron chi connectivity index (χ4n) is 5.90. The Balaban J connectivity index is 1.63. The molecular weight excluding hydrogens is 590 g/mol. The van der Waals surface area contributed by atoms with Gasteiger partial charge in [0, 0.05) is 44.3 Å². The number of carbonyl (C=O) groups is 2. The number of rotatable bonds is 5. The molecule has 9 nitrogen and oxygen atoms in total. The first-order valence-electron chi connectivity index (χ1n) is 13.4. The second-order valence-electron chi connectivity index (χ2n) is 10.7. The molecular formula is C29H27F4N5O4S. The summed E-state index contributed by atoms with van der Waals surface area (Å²) in [5.41, 5.74) is -1.03. The topological polar surface area (TPSA) is 115 Å². The van der Waals surface area contributed by atoms with Gasteiger partial charge in [0.1, 0.15) is 5.82 Å². The van der Waals surface area contributed by atoms with Crippen molar-refractivity contribution in [3.63, 3.8) is 0 Å². The van der Waals surface area contributed by atoms with Crippen LogP contribution in [-0.4, -0.2) is 85.5 Å². The third-order valence-electron chi connectivity index (χ3n) is 8.13. The number of anilines is 1. The molecule has 5 rings (SSSR count). The first-order valence-corrected chi connectivity index (χ1v) is 15.3. The summed E-state index contributed by atoms with van der Waals surface area (Å²) < 4.78 is 81.9. The van der Waals surface area contributed by atoms with E-state index >= 15 is 0 Å². The zero-order valence-electron chi connectivity index (χ0n) is 23.0. The van der Waals surface area contributed by atoms with Crippen LogP contribution >= 0.6 is 0 Å². The summed E-state index contributed by atoms with van der Waals surface area (Å²) in [5.74, 6) is -3.47. The normalized spacial score (nSPS) is 21.9. The van der Waals surface area contributed by atoms with Crippen LogP contribution in [0.25, 0.3) is 10.9 Å². The molecule has 2 aromatic carbocycles. The fraction of sp³-hybridized carbons (Fsp3) is 0.379. The number of nitrogens with zero attached hydrogens (tertiary/aromatic N) is 5. The van der Waals surface area contributed by atoms with E-state index in [-0.39, 0.29) is 61.3 Å². The number of amides is 1. The van der Waals surface area contributed by atoms with Crippen molar-refractivity contribution in [2.24, 2.45) is 0 Å². The number of benzene rings is 2. The Kier molecular flexibility index (Phi) is 7.91. The van der Waals surface area contributed by atoms with E-state index in [1.165, 1.54) is 21.5 Å². The second-order valence-corrected chi connectivity index (χ2v) is 12.7. The average Bonchev–Trinajstić information content (AvgIpc) is 2.99. The Hall–Kier alpha value is -4.09. The number of fused-ring (bicyclic) bond motifs is 1. The third kappa shape index (κ3) is 5.79. The summed E-state index contributed by atoms with van der Waals surface area (Å²) in [6.07, 6.45) is -3.53.